The van der Waals surface area contributed by atoms with Crippen molar-refractivity contribution in [3.63, 3.8) is 0 Å². The first kappa shape index (κ1) is 6.09. The van der Waals surface area contributed by atoms with E-state index in [2.05, 4.69) is 25.4 Å². The van der Waals surface area contributed by atoms with E-state index < -0.39 is 0 Å². The zero-order chi connectivity index (χ0) is 5.98. The first-order chi connectivity index (χ1) is 3.80. The van der Waals surface area contributed by atoms with Gasteiger partial charge < -0.3 is 4.90 Å². The molecule has 1 heteroatoms. The van der Waals surface area contributed by atoms with E-state index in [0.717, 1.165) is 6.04 Å². The lowest BCUT2D eigenvalue weighted by Crippen LogP contribution is -2.24. The highest BCUT2D eigenvalue weighted by Crippen LogP contribution is 2.19. The van der Waals surface area contributed by atoms with Gasteiger partial charge in [-0.1, -0.05) is 6.42 Å². The fourth-order valence-corrected chi connectivity index (χ4v) is 1.22. The molecule has 0 N–H and O–H groups in total. The molecule has 1 atom stereocenters. The molecule has 8 heavy (non-hydrogen) atoms. The maximum Gasteiger partial charge on any atom is 0.0121 e. The van der Waals surface area contributed by atoms with Crippen LogP contribution in [0.3, 0.4) is 0 Å². The minimum Gasteiger partial charge on any atom is -0.306 e. The average molecular weight is 112 g/mol. The second-order valence-corrected chi connectivity index (χ2v) is 2.70. The molecule has 1 rings (SSSR count). The Morgan fingerprint density at radius 2 is 2.25 bits per heavy atom. The summed E-state index contributed by atoms with van der Waals surface area (Å²) in [6.07, 6.45) is 6.48. The summed E-state index contributed by atoms with van der Waals surface area (Å²) in [4.78, 5) is 2.28. The van der Waals surface area contributed by atoms with E-state index >= 15 is 0 Å². The lowest BCUT2D eigenvalue weighted by Gasteiger charge is -2.16. The predicted octanol–water partition coefficient (Wildman–Crippen LogP) is 1.30. The van der Waals surface area contributed by atoms with Crippen LogP contribution in [0.15, 0.2) is 0 Å². The van der Waals surface area contributed by atoms with E-state index in [-0.39, 0.29) is 0 Å². The van der Waals surface area contributed by atoms with Crippen LogP contribution in [0.5, 0.6) is 0 Å². The average Bonchev–Trinajstić information content (AvgIpc) is 2.12. The zero-order valence-corrected chi connectivity index (χ0v) is 5.72. The predicted molar refractivity (Wildman–Crippen MR) is 35.6 cm³/mol. The number of hydrogen-bond acceptors (Lipinski definition) is 1. The van der Waals surface area contributed by atoms with Gasteiger partial charge in [0.15, 0.2) is 0 Å². The lowest BCUT2D eigenvalue weighted by atomic mass is 10.2. The van der Waals surface area contributed by atoms with Crippen molar-refractivity contribution in [2.75, 3.05) is 14.1 Å². The smallest absolute Gasteiger partial charge is 0.0121 e. The third-order valence-electron chi connectivity index (χ3n) is 1.81. The lowest BCUT2D eigenvalue weighted by molar-refractivity contribution is 0.332. The van der Waals surface area contributed by atoms with Crippen molar-refractivity contribution < 1.29 is 0 Å². The Balaban J connectivity index is 2.24. The van der Waals surface area contributed by atoms with E-state index in [9.17, 15) is 0 Å². The highest BCUT2D eigenvalue weighted by molar-refractivity contribution is 4.88. The largest absolute Gasteiger partial charge is 0.306 e. The van der Waals surface area contributed by atoms with Gasteiger partial charge in [-0.2, -0.15) is 0 Å². The highest BCUT2D eigenvalue weighted by Gasteiger charge is 2.15. The van der Waals surface area contributed by atoms with Gasteiger partial charge in [-0.05, 0) is 33.4 Å². The molecule has 47 valence electrons. The number of hydrogen-bond donors (Lipinski definition) is 0. The van der Waals surface area contributed by atoms with E-state index in [4.69, 9.17) is 0 Å². The molecule has 1 aliphatic rings. The van der Waals surface area contributed by atoms with Crippen LogP contribution in [-0.2, 0) is 0 Å². The fourth-order valence-electron chi connectivity index (χ4n) is 1.22. The summed E-state index contributed by atoms with van der Waals surface area (Å²) >= 11 is 0. The van der Waals surface area contributed by atoms with E-state index in [0.29, 0.717) is 0 Å². The minimum atomic E-state index is 0.773. The topological polar surface area (TPSA) is 3.24 Å². The van der Waals surface area contributed by atoms with Gasteiger partial charge in [-0.15, -0.1) is 0 Å². The Kier molecular flexibility index (Phi) is 1.90. The molecule has 0 aliphatic heterocycles. The molecule has 1 nitrogen and oxygen atoms in total. The van der Waals surface area contributed by atoms with Crippen molar-refractivity contribution in [3.8, 4) is 0 Å². The molecule has 0 saturated heterocycles. The van der Waals surface area contributed by atoms with Crippen molar-refractivity contribution in [1.82, 2.24) is 4.90 Å². The van der Waals surface area contributed by atoms with Gasteiger partial charge in [0.25, 0.3) is 0 Å². The number of nitrogens with zero attached hydrogens (tertiary/aromatic N) is 1. The highest BCUT2D eigenvalue weighted by atomic mass is 15.1. The van der Waals surface area contributed by atoms with Crippen LogP contribution in [0.1, 0.15) is 19.3 Å². The minimum absolute atomic E-state index is 0.773. The Bertz CT molecular complexity index is 62.8. The van der Waals surface area contributed by atoms with Gasteiger partial charge in [-0.3, -0.25) is 0 Å². The molecule has 1 fully saturated rings. The molecule has 0 bridgehead atoms. The van der Waals surface area contributed by atoms with Crippen molar-refractivity contribution in [2.24, 2.45) is 0 Å². The Hall–Kier alpha value is -0.0400. The summed E-state index contributed by atoms with van der Waals surface area (Å²) in [5.74, 6) is 0. The summed E-state index contributed by atoms with van der Waals surface area (Å²) in [5, 5.41) is 0. The van der Waals surface area contributed by atoms with E-state index in [1.807, 2.05) is 0 Å². The second kappa shape index (κ2) is 2.49. The Morgan fingerprint density at radius 3 is 2.50 bits per heavy atom. The summed E-state index contributed by atoms with van der Waals surface area (Å²) in [6, 6.07) is 0.773. The van der Waals surface area contributed by atoms with E-state index in [1.54, 1.807) is 0 Å². The molecule has 0 aromatic carbocycles. The van der Waals surface area contributed by atoms with Crippen LogP contribution in [0.4, 0.5) is 0 Å². The molecule has 0 amide bonds. The first-order valence-corrected chi connectivity index (χ1v) is 3.30. The molecular weight excluding hydrogens is 98.1 g/mol. The third-order valence-corrected chi connectivity index (χ3v) is 1.81. The summed E-state index contributed by atoms with van der Waals surface area (Å²) in [7, 11) is 4.29. The van der Waals surface area contributed by atoms with Gasteiger partial charge in [-0.25, -0.2) is 0 Å². The summed E-state index contributed by atoms with van der Waals surface area (Å²) < 4.78 is 0. The molecule has 0 heterocycles. The maximum atomic E-state index is 2.40. The third kappa shape index (κ3) is 1.22. The molecule has 1 radical (unpaired) electrons. The SMILES string of the molecule is CN(C)C1[CH]CCC1. The molecular formula is C7H14N. The Morgan fingerprint density at radius 1 is 1.50 bits per heavy atom. The van der Waals surface area contributed by atoms with Crippen LogP contribution in [0.2, 0.25) is 0 Å². The van der Waals surface area contributed by atoms with Gasteiger partial charge in [0.1, 0.15) is 0 Å². The van der Waals surface area contributed by atoms with Crippen molar-refractivity contribution in [2.45, 2.75) is 25.3 Å². The van der Waals surface area contributed by atoms with Crippen molar-refractivity contribution >= 4 is 0 Å². The van der Waals surface area contributed by atoms with E-state index in [1.165, 1.54) is 19.3 Å². The van der Waals surface area contributed by atoms with Crippen LogP contribution in [0.25, 0.3) is 0 Å². The fraction of sp³-hybridized carbons (Fsp3) is 0.857. The quantitative estimate of drug-likeness (QED) is 0.494. The maximum absolute atomic E-state index is 2.40. The molecule has 1 unspecified atom stereocenters. The molecule has 0 aromatic rings. The van der Waals surface area contributed by atoms with Crippen LogP contribution < -0.4 is 0 Å². The molecule has 0 aromatic heterocycles. The normalized spacial score (nSPS) is 22.9. The summed E-state index contributed by atoms with van der Waals surface area (Å²) in [6.45, 7) is 0. The standard InChI is InChI=1S/C7H14N/c1-8(2)7-5-3-4-6-7/h5,7H,3-4,6H2,1-2H3. The van der Waals surface area contributed by atoms with Crippen LogP contribution >= 0.6 is 0 Å². The molecule has 1 aliphatic carbocycles. The van der Waals surface area contributed by atoms with Gasteiger partial charge in [0.05, 0.1) is 0 Å². The zero-order valence-electron chi connectivity index (χ0n) is 5.72. The second-order valence-electron chi connectivity index (χ2n) is 2.70. The monoisotopic (exact) mass is 112 g/mol. The summed E-state index contributed by atoms with van der Waals surface area (Å²) in [5.41, 5.74) is 0. The van der Waals surface area contributed by atoms with Crippen LogP contribution in [-0.4, -0.2) is 25.0 Å². The van der Waals surface area contributed by atoms with Gasteiger partial charge in [0, 0.05) is 6.04 Å². The molecule has 1 saturated carbocycles. The van der Waals surface area contributed by atoms with Gasteiger partial charge in [0.2, 0.25) is 0 Å². The van der Waals surface area contributed by atoms with Crippen molar-refractivity contribution in [1.29, 1.82) is 0 Å². The first-order valence-electron chi connectivity index (χ1n) is 3.30. The molecule has 0 spiro atoms. The van der Waals surface area contributed by atoms with Crippen LogP contribution in [0, 0.1) is 6.42 Å². The van der Waals surface area contributed by atoms with Gasteiger partial charge >= 0.3 is 0 Å². The Labute approximate surface area is 51.7 Å². The number of rotatable bonds is 1. The van der Waals surface area contributed by atoms with Crippen molar-refractivity contribution in [3.05, 3.63) is 6.42 Å².